The lowest BCUT2D eigenvalue weighted by Crippen LogP contribution is -1.98. The maximum Gasteiger partial charge on any atom is 0.119 e. The largest absolute Gasteiger partial charge is 0.497 e. The Hall–Kier alpha value is -1.81. The summed E-state index contributed by atoms with van der Waals surface area (Å²) in [4.78, 5) is 0. The van der Waals surface area contributed by atoms with Gasteiger partial charge in [-0.25, -0.2) is 0 Å². The van der Waals surface area contributed by atoms with E-state index in [2.05, 4.69) is 35.1 Å². The third-order valence-corrected chi connectivity index (χ3v) is 4.71. The number of thioether (sulfide) groups is 1. The van der Waals surface area contributed by atoms with E-state index in [-0.39, 0.29) is 0 Å². The molecule has 0 aliphatic heterocycles. The van der Waals surface area contributed by atoms with Crippen LogP contribution in [0, 0.1) is 0 Å². The van der Waals surface area contributed by atoms with E-state index in [1.165, 1.54) is 27.6 Å². The van der Waals surface area contributed by atoms with E-state index in [1.807, 2.05) is 23.9 Å². The van der Waals surface area contributed by atoms with Crippen LogP contribution in [0.3, 0.4) is 0 Å². The first-order valence-electron chi connectivity index (χ1n) is 7.41. The molecule has 0 radical (unpaired) electrons. The Morgan fingerprint density at radius 1 is 0.909 bits per heavy atom. The summed E-state index contributed by atoms with van der Waals surface area (Å²) in [6, 6.07) is 12.6. The van der Waals surface area contributed by atoms with Gasteiger partial charge in [-0.2, -0.15) is 11.8 Å². The Kier molecular flexibility index (Phi) is 4.48. The van der Waals surface area contributed by atoms with Crippen LogP contribution in [0.15, 0.2) is 36.4 Å². The molecule has 3 nitrogen and oxygen atoms in total. The van der Waals surface area contributed by atoms with Crippen LogP contribution < -0.4 is 9.47 Å². The number of aromatic nitrogens is 1. The van der Waals surface area contributed by atoms with Crippen molar-refractivity contribution in [3.63, 3.8) is 0 Å². The highest BCUT2D eigenvalue weighted by Gasteiger charge is 2.12. The molecule has 1 aromatic heterocycles. The third kappa shape index (κ3) is 2.63. The average Bonchev–Trinajstić information content (AvgIpc) is 2.87. The molecule has 0 aliphatic rings. The van der Waals surface area contributed by atoms with Crippen molar-refractivity contribution in [3.8, 4) is 11.5 Å². The van der Waals surface area contributed by atoms with Gasteiger partial charge in [0.15, 0.2) is 0 Å². The summed E-state index contributed by atoms with van der Waals surface area (Å²) in [5.74, 6) is 2.95. The van der Waals surface area contributed by atoms with Gasteiger partial charge in [0.2, 0.25) is 0 Å². The van der Waals surface area contributed by atoms with E-state index in [0.29, 0.717) is 0 Å². The zero-order chi connectivity index (χ0) is 15.5. The van der Waals surface area contributed by atoms with Gasteiger partial charge in [-0.1, -0.05) is 0 Å². The van der Waals surface area contributed by atoms with E-state index in [4.69, 9.17) is 9.47 Å². The number of rotatable bonds is 6. The van der Waals surface area contributed by atoms with Gasteiger partial charge in [-0.05, 0) is 54.8 Å². The molecule has 4 heteroatoms. The Morgan fingerprint density at radius 3 is 1.91 bits per heavy atom. The van der Waals surface area contributed by atoms with Crippen molar-refractivity contribution < 1.29 is 9.47 Å². The van der Waals surface area contributed by atoms with E-state index < -0.39 is 0 Å². The molecule has 1 heterocycles. The molecule has 2 aromatic carbocycles. The summed E-state index contributed by atoms with van der Waals surface area (Å²) in [6.45, 7) is 1.03. The standard InChI is InChI=1S/C18H21NO2S/c1-20-13-5-7-17-15(11-13)16-12-14(21-2)6-8-18(16)19(17)9-4-10-22-3/h5-8,11-12H,4,9-10H2,1-3H3. The van der Waals surface area contributed by atoms with Crippen LogP contribution in [0.5, 0.6) is 11.5 Å². The average molecular weight is 315 g/mol. The number of nitrogens with zero attached hydrogens (tertiary/aromatic N) is 1. The highest BCUT2D eigenvalue weighted by Crippen LogP contribution is 2.34. The fraction of sp³-hybridized carbons (Fsp3) is 0.333. The van der Waals surface area contributed by atoms with Crippen molar-refractivity contribution in [2.75, 3.05) is 26.2 Å². The fourth-order valence-corrected chi connectivity index (χ4v) is 3.34. The normalized spacial score (nSPS) is 11.2. The molecule has 3 rings (SSSR count). The topological polar surface area (TPSA) is 23.4 Å². The van der Waals surface area contributed by atoms with Crippen LogP contribution in [0.2, 0.25) is 0 Å². The van der Waals surface area contributed by atoms with Gasteiger partial charge >= 0.3 is 0 Å². The van der Waals surface area contributed by atoms with Gasteiger partial charge in [0.1, 0.15) is 11.5 Å². The molecule has 0 amide bonds. The zero-order valence-electron chi connectivity index (χ0n) is 13.3. The number of ether oxygens (including phenoxy) is 2. The molecule has 22 heavy (non-hydrogen) atoms. The van der Waals surface area contributed by atoms with Crippen molar-refractivity contribution in [1.29, 1.82) is 0 Å². The summed E-state index contributed by atoms with van der Waals surface area (Å²) < 4.78 is 13.2. The Morgan fingerprint density at radius 2 is 1.45 bits per heavy atom. The van der Waals surface area contributed by atoms with Crippen molar-refractivity contribution in [2.24, 2.45) is 0 Å². The summed E-state index contributed by atoms with van der Waals surface area (Å²) in [5.41, 5.74) is 2.51. The number of hydrogen-bond acceptors (Lipinski definition) is 3. The van der Waals surface area contributed by atoms with Gasteiger partial charge in [0.25, 0.3) is 0 Å². The second-order valence-corrected chi connectivity index (χ2v) is 6.25. The Bertz CT molecular complexity index is 733. The predicted molar refractivity (Wildman–Crippen MR) is 95.5 cm³/mol. The summed E-state index contributed by atoms with van der Waals surface area (Å²) in [6.07, 6.45) is 3.32. The van der Waals surface area contributed by atoms with Crippen molar-refractivity contribution >= 4 is 33.6 Å². The van der Waals surface area contributed by atoms with Gasteiger partial charge in [-0.15, -0.1) is 0 Å². The molecule has 0 N–H and O–H groups in total. The van der Waals surface area contributed by atoms with Crippen molar-refractivity contribution in [1.82, 2.24) is 4.57 Å². The van der Waals surface area contributed by atoms with Crippen LogP contribution in [-0.4, -0.2) is 30.8 Å². The molecule has 0 saturated heterocycles. The lowest BCUT2D eigenvalue weighted by molar-refractivity contribution is 0.415. The highest BCUT2D eigenvalue weighted by atomic mass is 32.2. The second-order valence-electron chi connectivity index (χ2n) is 5.26. The molecule has 0 spiro atoms. The molecule has 0 unspecified atom stereocenters. The molecule has 0 atom stereocenters. The lowest BCUT2D eigenvalue weighted by atomic mass is 10.1. The van der Waals surface area contributed by atoms with E-state index in [0.717, 1.165) is 24.5 Å². The first-order valence-corrected chi connectivity index (χ1v) is 8.81. The lowest BCUT2D eigenvalue weighted by Gasteiger charge is -2.07. The predicted octanol–water partition coefficient (Wildman–Crippen LogP) is 4.56. The molecule has 0 saturated carbocycles. The van der Waals surface area contributed by atoms with E-state index >= 15 is 0 Å². The molecule has 116 valence electrons. The van der Waals surface area contributed by atoms with Gasteiger partial charge in [0.05, 0.1) is 14.2 Å². The smallest absolute Gasteiger partial charge is 0.119 e. The number of hydrogen-bond donors (Lipinski definition) is 0. The third-order valence-electron chi connectivity index (χ3n) is 4.01. The molecular formula is C18H21NO2S. The van der Waals surface area contributed by atoms with Crippen LogP contribution in [0.4, 0.5) is 0 Å². The van der Waals surface area contributed by atoms with Crippen LogP contribution >= 0.6 is 11.8 Å². The maximum absolute atomic E-state index is 5.39. The number of benzene rings is 2. The Balaban J connectivity index is 2.21. The van der Waals surface area contributed by atoms with Crippen molar-refractivity contribution in [3.05, 3.63) is 36.4 Å². The maximum atomic E-state index is 5.39. The van der Waals surface area contributed by atoms with Crippen LogP contribution in [-0.2, 0) is 6.54 Å². The van der Waals surface area contributed by atoms with Gasteiger partial charge in [-0.3, -0.25) is 0 Å². The minimum Gasteiger partial charge on any atom is -0.497 e. The highest BCUT2D eigenvalue weighted by molar-refractivity contribution is 7.98. The molecule has 0 aliphatic carbocycles. The van der Waals surface area contributed by atoms with Crippen LogP contribution in [0.1, 0.15) is 6.42 Å². The first kappa shape index (κ1) is 15.1. The first-order chi connectivity index (χ1) is 10.8. The van der Waals surface area contributed by atoms with E-state index in [1.54, 1.807) is 14.2 Å². The SMILES string of the molecule is COc1ccc2c(c1)c1cc(OC)ccc1n2CCCSC. The summed E-state index contributed by atoms with van der Waals surface area (Å²) in [7, 11) is 3.42. The molecular weight excluding hydrogens is 294 g/mol. The minimum absolute atomic E-state index is 0.887. The zero-order valence-corrected chi connectivity index (χ0v) is 14.1. The van der Waals surface area contributed by atoms with Gasteiger partial charge in [0, 0.05) is 28.4 Å². The minimum atomic E-state index is 0.887. The summed E-state index contributed by atoms with van der Waals surface area (Å²) in [5, 5.41) is 2.44. The molecule has 0 fully saturated rings. The fourth-order valence-electron chi connectivity index (χ4n) is 2.92. The number of methoxy groups -OCH3 is 2. The monoisotopic (exact) mass is 315 g/mol. The summed E-state index contributed by atoms with van der Waals surface area (Å²) >= 11 is 1.89. The van der Waals surface area contributed by atoms with Crippen molar-refractivity contribution in [2.45, 2.75) is 13.0 Å². The van der Waals surface area contributed by atoms with Crippen LogP contribution in [0.25, 0.3) is 21.8 Å². The second kappa shape index (κ2) is 6.53. The Labute approximate surface area is 135 Å². The number of fused-ring (bicyclic) bond motifs is 3. The molecule has 0 bridgehead atoms. The quantitative estimate of drug-likeness (QED) is 0.623. The molecule has 3 aromatic rings. The number of aryl methyl sites for hydroxylation is 1. The van der Waals surface area contributed by atoms with Gasteiger partial charge < -0.3 is 14.0 Å². The van der Waals surface area contributed by atoms with E-state index in [9.17, 15) is 0 Å².